The molecule has 0 amide bonds. The van der Waals surface area contributed by atoms with Crippen LogP contribution in [-0.2, 0) is 0 Å². The van der Waals surface area contributed by atoms with E-state index in [1.165, 1.54) is 48.5 Å². The van der Waals surface area contributed by atoms with Gasteiger partial charge in [0.2, 0.25) is 0 Å². The Morgan fingerprint density at radius 2 is 1.42 bits per heavy atom. The van der Waals surface area contributed by atoms with Crippen molar-refractivity contribution in [1.29, 1.82) is 0 Å². The molecule has 0 bridgehead atoms. The Balaban J connectivity index is 1.84. The SMILES string of the molecule is O=C(CCOc1ccc(F)cc1)c1ccc(F)cc1. The van der Waals surface area contributed by atoms with Gasteiger partial charge in [-0.1, -0.05) is 0 Å². The zero-order valence-electron chi connectivity index (χ0n) is 10.1. The lowest BCUT2D eigenvalue weighted by Gasteiger charge is -2.05. The van der Waals surface area contributed by atoms with Crippen molar-refractivity contribution in [3.05, 3.63) is 65.7 Å². The van der Waals surface area contributed by atoms with E-state index in [2.05, 4.69) is 0 Å². The summed E-state index contributed by atoms with van der Waals surface area (Å²) >= 11 is 0. The number of ketones is 1. The maximum Gasteiger partial charge on any atom is 0.166 e. The van der Waals surface area contributed by atoms with Crippen LogP contribution in [0.1, 0.15) is 16.8 Å². The number of ether oxygens (including phenoxy) is 1. The van der Waals surface area contributed by atoms with Crippen LogP contribution in [0.2, 0.25) is 0 Å². The van der Waals surface area contributed by atoms with Gasteiger partial charge < -0.3 is 4.74 Å². The Morgan fingerprint density at radius 1 is 0.895 bits per heavy atom. The molecule has 2 aromatic carbocycles. The molecule has 0 aromatic heterocycles. The number of rotatable bonds is 5. The van der Waals surface area contributed by atoms with Gasteiger partial charge in [0.25, 0.3) is 0 Å². The van der Waals surface area contributed by atoms with E-state index in [9.17, 15) is 13.6 Å². The molecule has 0 spiro atoms. The molecule has 0 radical (unpaired) electrons. The van der Waals surface area contributed by atoms with E-state index in [-0.39, 0.29) is 30.4 Å². The van der Waals surface area contributed by atoms with Crippen molar-refractivity contribution in [1.82, 2.24) is 0 Å². The second-order valence-electron chi connectivity index (χ2n) is 3.98. The summed E-state index contributed by atoms with van der Waals surface area (Å²) < 4.78 is 30.7. The lowest BCUT2D eigenvalue weighted by atomic mass is 10.1. The smallest absolute Gasteiger partial charge is 0.166 e. The Bertz CT molecular complexity index is 547. The molecular weight excluding hydrogens is 250 g/mol. The van der Waals surface area contributed by atoms with Crippen LogP contribution in [0, 0.1) is 11.6 Å². The fourth-order valence-electron chi connectivity index (χ4n) is 1.57. The summed E-state index contributed by atoms with van der Waals surface area (Å²) in [5, 5.41) is 0. The normalized spacial score (nSPS) is 10.2. The van der Waals surface area contributed by atoms with Crippen molar-refractivity contribution in [2.24, 2.45) is 0 Å². The van der Waals surface area contributed by atoms with Crippen molar-refractivity contribution < 1.29 is 18.3 Å². The van der Waals surface area contributed by atoms with Gasteiger partial charge in [-0.15, -0.1) is 0 Å². The molecule has 2 rings (SSSR count). The van der Waals surface area contributed by atoms with Crippen molar-refractivity contribution in [2.75, 3.05) is 6.61 Å². The van der Waals surface area contributed by atoms with Gasteiger partial charge in [0.05, 0.1) is 6.61 Å². The number of halogens is 2. The van der Waals surface area contributed by atoms with Crippen molar-refractivity contribution in [2.45, 2.75) is 6.42 Å². The van der Waals surface area contributed by atoms with Crippen LogP contribution < -0.4 is 4.74 Å². The number of benzene rings is 2. The van der Waals surface area contributed by atoms with Crippen LogP contribution in [-0.4, -0.2) is 12.4 Å². The standard InChI is InChI=1S/C15H12F2O2/c16-12-3-1-11(2-4-12)15(18)9-10-19-14-7-5-13(17)6-8-14/h1-8H,9-10H2. The minimum atomic E-state index is -0.376. The van der Waals surface area contributed by atoms with Gasteiger partial charge in [-0.3, -0.25) is 4.79 Å². The quantitative estimate of drug-likeness (QED) is 0.769. The molecule has 0 atom stereocenters. The molecule has 2 nitrogen and oxygen atoms in total. The first kappa shape index (κ1) is 13.2. The second kappa shape index (κ2) is 6.09. The number of Topliss-reactive ketones (excluding diaryl/α,β-unsaturated/α-hetero) is 1. The maximum atomic E-state index is 12.7. The number of carbonyl (C=O) groups excluding carboxylic acids is 1. The lowest BCUT2D eigenvalue weighted by molar-refractivity contribution is 0.0962. The Kier molecular flexibility index (Phi) is 4.23. The molecule has 19 heavy (non-hydrogen) atoms. The van der Waals surface area contributed by atoms with Crippen LogP contribution in [0.4, 0.5) is 8.78 Å². The molecule has 0 N–H and O–H groups in total. The topological polar surface area (TPSA) is 26.3 Å². The van der Waals surface area contributed by atoms with E-state index in [1.54, 1.807) is 0 Å². The molecule has 0 aliphatic rings. The van der Waals surface area contributed by atoms with E-state index in [4.69, 9.17) is 4.74 Å². The van der Waals surface area contributed by atoms with E-state index in [0.29, 0.717) is 11.3 Å². The largest absolute Gasteiger partial charge is 0.493 e. The third-order valence-corrected chi connectivity index (χ3v) is 2.58. The molecule has 0 heterocycles. The monoisotopic (exact) mass is 262 g/mol. The number of hydrogen-bond donors (Lipinski definition) is 0. The molecule has 0 aliphatic heterocycles. The second-order valence-corrected chi connectivity index (χ2v) is 3.98. The average Bonchev–Trinajstić information content (AvgIpc) is 2.41. The van der Waals surface area contributed by atoms with Crippen LogP contribution in [0.5, 0.6) is 5.75 Å². The average molecular weight is 262 g/mol. The first-order valence-electron chi connectivity index (χ1n) is 5.82. The van der Waals surface area contributed by atoms with Gasteiger partial charge in [0, 0.05) is 12.0 Å². The predicted octanol–water partition coefficient (Wildman–Crippen LogP) is 3.62. The van der Waals surface area contributed by atoms with Gasteiger partial charge in [-0.05, 0) is 48.5 Å². The fourth-order valence-corrected chi connectivity index (χ4v) is 1.57. The molecule has 0 unspecified atom stereocenters. The van der Waals surface area contributed by atoms with Gasteiger partial charge in [0.15, 0.2) is 5.78 Å². The third-order valence-electron chi connectivity index (χ3n) is 2.58. The van der Waals surface area contributed by atoms with E-state index in [1.807, 2.05) is 0 Å². The van der Waals surface area contributed by atoms with Crippen LogP contribution in [0.3, 0.4) is 0 Å². The minimum Gasteiger partial charge on any atom is -0.493 e. The number of hydrogen-bond acceptors (Lipinski definition) is 2. The molecule has 0 saturated carbocycles. The molecule has 0 saturated heterocycles. The molecule has 0 fully saturated rings. The third kappa shape index (κ3) is 3.88. The summed E-state index contributed by atoms with van der Waals surface area (Å²) in [6.45, 7) is 0.196. The van der Waals surface area contributed by atoms with Gasteiger partial charge in [-0.2, -0.15) is 0 Å². The summed E-state index contributed by atoms with van der Waals surface area (Å²) in [5.41, 5.74) is 0.448. The Labute approximate surface area is 109 Å². The van der Waals surface area contributed by atoms with Gasteiger partial charge in [0.1, 0.15) is 17.4 Å². The predicted molar refractivity (Wildman–Crippen MR) is 67.2 cm³/mol. The highest BCUT2D eigenvalue weighted by Gasteiger charge is 2.06. The maximum absolute atomic E-state index is 12.7. The van der Waals surface area contributed by atoms with E-state index in [0.717, 1.165) is 0 Å². The fraction of sp³-hybridized carbons (Fsp3) is 0.133. The van der Waals surface area contributed by atoms with E-state index >= 15 is 0 Å². The Hall–Kier alpha value is -2.23. The highest BCUT2D eigenvalue weighted by atomic mass is 19.1. The molecule has 2 aromatic rings. The highest BCUT2D eigenvalue weighted by molar-refractivity contribution is 5.96. The first-order chi connectivity index (χ1) is 9.15. The van der Waals surface area contributed by atoms with Crippen LogP contribution in [0.25, 0.3) is 0 Å². The molecule has 4 heteroatoms. The molecule has 0 aliphatic carbocycles. The molecular formula is C15H12F2O2. The Morgan fingerprint density at radius 3 is 2.00 bits per heavy atom. The minimum absolute atomic E-state index is 0.123. The lowest BCUT2D eigenvalue weighted by Crippen LogP contribution is -2.06. The number of carbonyl (C=O) groups is 1. The summed E-state index contributed by atoms with van der Waals surface area (Å²) in [7, 11) is 0. The molecule has 98 valence electrons. The van der Waals surface area contributed by atoms with Crippen molar-refractivity contribution >= 4 is 5.78 Å². The van der Waals surface area contributed by atoms with Gasteiger partial charge in [-0.25, -0.2) is 8.78 Å². The highest BCUT2D eigenvalue weighted by Crippen LogP contribution is 2.12. The van der Waals surface area contributed by atoms with Gasteiger partial charge >= 0.3 is 0 Å². The van der Waals surface area contributed by atoms with Crippen molar-refractivity contribution in [3.63, 3.8) is 0 Å². The zero-order chi connectivity index (χ0) is 13.7. The summed E-state index contributed by atoms with van der Waals surface area (Å²) in [6.07, 6.45) is 0.184. The summed E-state index contributed by atoms with van der Waals surface area (Å²) in [5.74, 6) is -0.329. The summed E-state index contributed by atoms with van der Waals surface area (Å²) in [4.78, 5) is 11.7. The van der Waals surface area contributed by atoms with Crippen LogP contribution in [0.15, 0.2) is 48.5 Å². The van der Waals surface area contributed by atoms with Crippen molar-refractivity contribution in [3.8, 4) is 5.75 Å². The zero-order valence-corrected chi connectivity index (χ0v) is 10.1. The van der Waals surface area contributed by atoms with E-state index < -0.39 is 0 Å². The summed E-state index contributed by atoms with van der Waals surface area (Å²) in [6, 6.07) is 10.9. The van der Waals surface area contributed by atoms with Crippen LogP contribution >= 0.6 is 0 Å². The first-order valence-corrected chi connectivity index (χ1v) is 5.82.